The predicted octanol–water partition coefficient (Wildman–Crippen LogP) is 3.39. The van der Waals surface area contributed by atoms with Crippen molar-refractivity contribution in [1.82, 2.24) is 5.32 Å². The Kier molecular flexibility index (Phi) is 4.83. The van der Waals surface area contributed by atoms with Gasteiger partial charge in [-0.05, 0) is 43.4 Å². The van der Waals surface area contributed by atoms with Crippen molar-refractivity contribution < 1.29 is 14.7 Å². The Morgan fingerprint density at radius 2 is 1.95 bits per heavy atom. The van der Waals surface area contributed by atoms with Crippen LogP contribution in [0.2, 0.25) is 0 Å². The van der Waals surface area contributed by atoms with Crippen LogP contribution in [-0.4, -0.2) is 23.1 Å². The van der Waals surface area contributed by atoms with Crippen molar-refractivity contribution in [2.24, 2.45) is 5.92 Å². The number of urea groups is 1. The van der Waals surface area contributed by atoms with Crippen LogP contribution >= 0.6 is 0 Å². The molecule has 21 heavy (non-hydrogen) atoms. The third kappa shape index (κ3) is 3.97. The summed E-state index contributed by atoms with van der Waals surface area (Å²) in [4.78, 5) is 23.1. The van der Waals surface area contributed by atoms with E-state index in [1.54, 1.807) is 19.1 Å². The summed E-state index contributed by atoms with van der Waals surface area (Å²) in [5.41, 5.74) is 1.38. The van der Waals surface area contributed by atoms with Crippen molar-refractivity contribution in [2.45, 2.75) is 45.6 Å². The molecular formula is C16H22N2O3. The molecule has 3 N–H and O–H groups in total. The summed E-state index contributed by atoms with van der Waals surface area (Å²) in [6, 6.07) is 4.83. The van der Waals surface area contributed by atoms with E-state index >= 15 is 0 Å². The van der Waals surface area contributed by atoms with Crippen LogP contribution in [0.3, 0.4) is 0 Å². The van der Waals surface area contributed by atoms with Gasteiger partial charge in [-0.1, -0.05) is 25.8 Å². The second-order valence-electron chi connectivity index (χ2n) is 5.80. The molecule has 2 unspecified atom stereocenters. The highest BCUT2D eigenvalue weighted by Gasteiger charge is 2.22. The maximum absolute atomic E-state index is 12.0. The van der Waals surface area contributed by atoms with Gasteiger partial charge in [0.2, 0.25) is 0 Å². The standard InChI is InChI=1S/C16H22N2O3/c1-10-7-8-12(9-13(10)15(19)20)17-16(21)18-14-6-4-3-5-11(14)2/h7-9,11,14H,3-6H2,1-2H3,(H,19,20)(H2,17,18,21). The molecule has 5 nitrogen and oxygen atoms in total. The van der Waals surface area contributed by atoms with Gasteiger partial charge in [0, 0.05) is 11.7 Å². The predicted molar refractivity (Wildman–Crippen MR) is 81.7 cm³/mol. The molecule has 1 aromatic carbocycles. The zero-order valence-corrected chi connectivity index (χ0v) is 12.5. The summed E-state index contributed by atoms with van der Waals surface area (Å²) in [6.07, 6.45) is 4.51. The fourth-order valence-corrected chi connectivity index (χ4v) is 2.80. The lowest BCUT2D eigenvalue weighted by Gasteiger charge is -2.29. The first-order chi connectivity index (χ1) is 9.97. The highest BCUT2D eigenvalue weighted by molar-refractivity contribution is 5.94. The van der Waals surface area contributed by atoms with Crippen LogP contribution in [0.5, 0.6) is 0 Å². The van der Waals surface area contributed by atoms with E-state index in [0.29, 0.717) is 17.2 Å². The third-order valence-corrected chi connectivity index (χ3v) is 4.15. The summed E-state index contributed by atoms with van der Waals surface area (Å²) in [5, 5.41) is 14.8. The molecule has 2 rings (SSSR count). The number of carboxylic acids is 1. The molecule has 1 aliphatic rings. The number of anilines is 1. The molecule has 0 heterocycles. The molecule has 0 radical (unpaired) electrons. The first-order valence-corrected chi connectivity index (χ1v) is 7.39. The van der Waals surface area contributed by atoms with Gasteiger partial charge >= 0.3 is 12.0 Å². The highest BCUT2D eigenvalue weighted by atomic mass is 16.4. The van der Waals surface area contributed by atoms with E-state index in [-0.39, 0.29) is 17.6 Å². The van der Waals surface area contributed by atoms with Crippen LogP contribution in [0.1, 0.15) is 48.5 Å². The van der Waals surface area contributed by atoms with Crippen LogP contribution in [0.4, 0.5) is 10.5 Å². The van der Waals surface area contributed by atoms with Gasteiger partial charge in [-0.25, -0.2) is 9.59 Å². The number of aromatic carboxylic acids is 1. The molecule has 0 aliphatic heterocycles. The largest absolute Gasteiger partial charge is 0.478 e. The van der Waals surface area contributed by atoms with E-state index in [1.807, 2.05) is 0 Å². The Morgan fingerprint density at radius 1 is 1.24 bits per heavy atom. The van der Waals surface area contributed by atoms with Gasteiger partial charge in [0.15, 0.2) is 0 Å². The summed E-state index contributed by atoms with van der Waals surface area (Å²) < 4.78 is 0. The van der Waals surface area contributed by atoms with E-state index in [0.717, 1.165) is 19.3 Å². The van der Waals surface area contributed by atoms with Crippen molar-refractivity contribution in [1.29, 1.82) is 0 Å². The minimum Gasteiger partial charge on any atom is -0.478 e. The number of hydrogen-bond donors (Lipinski definition) is 3. The van der Waals surface area contributed by atoms with E-state index < -0.39 is 5.97 Å². The van der Waals surface area contributed by atoms with E-state index in [1.165, 1.54) is 12.5 Å². The fraction of sp³-hybridized carbons (Fsp3) is 0.500. The van der Waals surface area contributed by atoms with Crippen molar-refractivity contribution in [2.75, 3.05) is 5.32 Å². The SMILES string of the molecule is Cc1ccc(NC(=O)NC2CCCCC2C)cc1C(=O)O. The molecule has 1 fully saturated rings. The Bertz CT molecular complexity index is 542. The Balaban J connectivity index is 1.99. The van der Waals surface area contributed by atoms with Crippen LogP contribution < -0.4 is 10.6 Å². The molecule has 114 valence electrons. The summed E-state index contributed by atoms with van der Waals surface area (Å²) in [5.74, 6) is -0.505. The molecule has 1 saturated carbocycles. The average molecular weight is 290 g/mol. The number of hydrogen-bond acceptors (Lipinski definition) is 2. The van der Waals surface area contributed by atoms with Crippen LogP contribution in [0.15, 0.2) is 18.2 Å². The van der Waals surface area contributed by atoms with Gasteiger partial charge < -0.3 is 15.7 Å². The highest BCUT2D eigenvalue weighted by Crippen LogP contribution is 2.24. The van der Waals surface area contributed by atoms with Gasteiger partial charge in [-0.15, -0.1) is 0 Å². The molecule has 2 amide bonds. The molecule has 2 atom stereocenters. The van der Waals surface area contributed by atoms with Gasteiger partial charge in [-0.2, -0.15) is 0 Å². The minimum atomic E-state index is -0.988. The number of benzene rings is 1. The summed E-state index contributed by atoms with van der Waals surface area (Å²) in [7, 11) is 0. The van der Waals surface area contributed by atoms with Crippen molar-refractivity contribution in [3.8, 4) is 0 Å². The molecule has 1 aromatic rings. The van der Waals surface area contributed by atoms with Crippen molar-refractivity contribution >= 4 is 17.7 Å². The van der Waals surface area contributed by atoms with Gasteiger partial charge in [0.25, 0.3) is 0 Å². The normalized spacial score (nSPS) is 21.6. The lowest BCUT2D eigenvalue weighted by molar-refractivity contribution is 0.0696. The Morgan fingerprint density at radius 3 is 2.62 bits per heavy atom. The van der Waals surface area contributed by atoms with Crippen molar-refractivity contribution in [3.63, 3.8) is 0 Å². The number of carboxylic acid groups (broad SMARTS) is 1. The zero-order valence-electron chi connectivity index (χ0n) is 12.5. The minimum absolute atomic E-state index is 0.197. The number of carbonyl (C=O) groups excluding carboxylic acids is 1. The monoisotopic (exact) mass is 290 g/mol. The fourth-order valence-electron chi connectivity index (χ4n) is 2.80. The summed E-state index contributed by atoms with van der Waals surface area (Å²) >= 11 is 0. The number of nitrogens with one attached hydrogen (secondary N) is 2. The second kappa shape index (κ2) is 6.61. The van der Waals surface area contributed by atoms with Gasteiger partial charge in [0.1, 0.15) is 0 Å². The van der Waals surface area contributed by atoms with E-state index in [9.17, 15) is 9.59 Å². The number of rotatable bonds is 3. The van der Waals surface area contributed by atoms with Gasteiger partial charge in [0.05, 0.1) is 5.56 Å². The summed E-state index contributed by atoms with van der Waals surface area (Å²) in [6.45, 7) is 3.88. The van der Waals surface area contributed by atoms with E-state index in [4.69, 9.17) is 5.11 Å². The maximum atomic E-state index is 12.0. The topological polar surface area (TPSA) is 78.4 Å². The quantitative estimate of drug-likeness (QED) is 0.798. The lowest BCUT2D eigenvalue weighted by atomic mass is 9.86. The molecular weight excluding hydrogens is 268 g/mol. The molecule has 0 bridgehead atoms. The van der Waals surface area contributed by atoms with Crippen LogP contribution in [0, 0.1) is 12.8 Å². The van der Waals surface area contributed by atoms with Crippen molar-refractivity contribution in [3.05, 3.63) is 29.3 Å². The third-order valence-electron chi connectivity index (χ3n) is 4.15. The van der Waals surface area contributed by atoms with Gasteiger partial charge in [-0.3, -0.25) is 0 Å². The molecule has 5 heteroatoms. The first-order valence-electron chi connectivity index (χ1n) is 7.39. The molecule has 0 spiro atoms. The average Bonchev–Trinajstić information content (AvgIpc) is 2.43. The Labute approximate surface area is 124 Å². The maximum Gasteiger partial charge on any atom is 0.336 e. The van der Waals surface area contributed by atoms with Crippen LogP contribution in [-0.2, 0) is 0 Å². The molecule has 0 saturated heterocycles. The van der Waals surface area contributed by atoms with E-state index in [2.05, 4.69) is 17.6 Å². The first kappa shape index (κ1) is 15.4. The second-order valence-corrected chi connectivity index (χ2v) is 5.80. The van der Waals surface area contributed by atoms with Crippen LogP contribution in [0.25, 0.3) is 0 Å². The number of carbonyl (C=O) groups is 2. The number of amides is 2. The molecule has 0 aromatic heterocycles. The zero-order chi connectivity index (χ0) is 15.4. The lowest BCUT2D eigenvalue weighted by Crippen LogP contribution is -2.43. The smallest absolute Gasteiger partial charge is 0.336 e. The number of aryl methyl sites for hydroxylation is 1. The Hall–Kier alpha value is -2.04. The molecule has 1 aliphatic carbocycles.